The smallest absolute Gasteiger partial charge is 0.411 e. The number of likely N-dealkylation sites (N-methyl/N-ethyl adjacent to an activating group) is 1. The highest BCUT2D eigenvalue weighted by Gasteiger charge is 2.39. The Hall–Kier alpha value is -1.38. The number of piperazine rings is 1. The molecule has 2 atom stereocenters. The van der Waals surface area contributed by atoms with Gasteiger partial charge >= 0.3 is 12.1 Å². The van der Waals surface area contributed by atoms with Gasteiger partial charge in [-0.1, -0.05) is 12.8 Å². The van der Waals surface area contributed by atoms with Gasteiger partial charge in [0, 0.05) is 32.7 Å². The van der Waals surface area contributed by atoms with E-state index in [1.54, 1.807) is 11.9 Å². The molecule has 28 heavy (non-hydrogen) atoms. The minimum atomic E-state index is -0.243. The first kappa shape index (κ1) is 21.3. The van der Waals surface area contributed by atoms with Gasteiger partial charge in [-0.3, -0.25) is 14.6 Å². The third-order valence-electron chi connectivity index (χ3n) is 6.53. The van der Waals surface area contributed by atoms with E-state index in [2.05, 4.69) is 21.7 Å². The number of nitrogens with zero attached hydrogens (tertiary/aromatic N) is 4. The average Bonchev–Trinajstić information content (AvgIpc) is 3.02. The van der Waals surface area contributed by atoms with Crippen molar-refractivity contribution in [2.45, 2.75) is 44.4 Å². The maximum Gasteiger partial charge on any atom is 0.411 e. The molecule has 3 saturated heterocycles. The topological polar surface area (TPSA) is 65.6 Å². The maximum atomic E-state index is 11.8. The van der Waals surface area contributed by atoms with E-state index in [1.807, 2.05) is 0 Å². The van der Waals surface area contributed by atoms with Crippen LogP contribution in [0.25, 0.3) is 0 Å². The van der Waals surface area contributed by atoms with Crippen molar-refractivity contribution in [3.05, 3.63) is 0 Å². The van der Waals surface area contributed by atoms with E-state index in [1.165, 1.54) is 45.9 Å². The zero-order chi connectivity index (χ0) is 20.1. The van der Waals surface area contributed by atoms with Crippen LogP contribution < -0.4 is 0 Å². The van der Waals surface area contributed by atoms with E-state index in [9.17, 15) is 9.59 Å². The second kappa shape index (κ2) is 9.89. The number of methoxy groups -OCH3 is 1. The van der Waals surface area contributed by atoms with Gasteiger partial charge in [-0.15, -0.1) is 0 Å². The quantitative estimate of drug-likeness (QED) is 0.596. The number of hydrogen-bond acceptors (Lipinski definition) is 7. The summed E-state index contributed by atoms with van der Waals surface area (Å²) >= 11 is 0. The predicted molar refractivity (Wildman–Crippen MR) is 106 cm³/mol. The van der Waals surface area contributed by atoms with Crippen LogP contribution in [-0.2, 0) is 14.3 Å². The van der Waals surface area contributed by atoms with Crippen molar-refractivity contribution in [3.63, 3.8) is 0 Å². The van der Waals surface area contributed by atoms with Crippen molar-refractivity contribution in [1.82, 2.24) is 19.6 Å². The molecule has 0 saturated carbocycles. The van der Waals surface area contributed by atoms with Crippen LogP contribution in [0.15, 0.2) is 0 Å². The molecule has 0 aromatic heterocycles. The molecule has 0 aromatic carbocycles. The number of carbonyl (C=O) groups is 2. The van der Waals surface area contributed by atoms with Gasteiger partial charge in [0.05, 0.1) is 20.2 Å². The van der Waals surface area contributed by atoms with Gasteiger partial charge < -0.3 is 19.3 Å². The normalized spacial score (nSPS) is 28.5. The molecule has 3 aliphatic heterocycles. The number of likely N-dealkylation sites (tertiary alicyclic amines) is 1. The Morgan fingerprint density at radius 3 is 2.50 bits per heavy atom. The summed E-state index contributed by atoms with van der Waals surface area (Å²) in [4.78, 5) is 32.1. The summed E-state index contributed by atoms with van der Waals surface area (Å²) in [6.45, 7) is 5.77. The van der Waals surface area contributed by atoms with Crippen LogP contribution in [0.2, 0.25) is 0 Å². The van der Waals surface area contributed by atoms with E-state index in [-0.39, 0.29) is 18.3 Å². The van der Waals surface area contributed by atoms with E-state index in [4.69, 9.17) is 9.47 Å². The molecule has 0 N–H and O–H groups in total. The average molecular weight is 397 g/mol. The number of cyclic esters (lactones) is 1. The lowest BCUT2D eigenvalue weighted by Crippen LogP contribution is -2.58. The molecule has 3 heterocycles. The third kappa shape index (κ3) is 5.58. The highest BCUT2D eigenvalue weighted by Crippen LogP contribution is 2.26. The number of carbonyl (C=O) groups excluding carboxylic acids is 2. The molecule has 0 bridgehead atoms. The fourth-order valence-electron chi connectivity index (χ4n) is 4.68. The Labute approximate surface area is 168 Å². The molecule has 8 nitrogen and oxygen atoms in total. The standard InChI is InChI=1S/C20H36N4O4/c1-21-9-7-16(8-10-21)5-4-6-17-13-23(15-19(25)27-3)11-12-24(17)18-14-22(2)20(26)28-18/h16-18H,4-15H2,1-3H3. The maximum absolute atomic E-state index is 11.8. The Bertz CT molecular complexity index is 538. The lowest BCUT2D eigenvalue weighted by atomic mass is 9.90. The zero-order valence-corrected chi connectivity index (χ0v) is 17.6. The van der Waals surface area contributed by atoms with Crippen molar-refractivity contribution in [2.24, 2.45) is 5.92 Å². The second-order valence-corrected chi connectivity index (χ2v) is 8.60. The zero-order valence-electron chi connectivity index (χ0n) is 17.6. The largest absolute Gasteiger partial charge is 0.468 e. The molecule has 1 amide bonds. The van der Waals surface area contributed by atoms with Gasteiger partial charge in [-0.05, 0) is 45.3 Å². The fraction of sp³-hybridized carbons (Fsp3) is 0.900. The molecule has 160 valence electrons. The van der Waals surface area contributed by atoms with Crippen LogP contribution >= 0.6 is 0 Å². The molecule has 2 unspecified atom stereocenters. The molecule has 0 aliphatic carbocycles. The summed E-state index contributed by atoms with van der Waals surface area (Å²) in [6.07, 6.45) is 5.69. The number of esters is 1. The van der Waals surface area contributed by atoms with E-state index in [0.717, 1.165) is 32.0 Å². The number of amides is 1. The monoisotopic (exact) mass is 396 g/mol. The van der Waals surface area contributed by atoms with Crippen LogP contribution in [0.5, 0.6) is 0 Å². The van der Waals surface area contributed by atoms with E-state index < -0.39 is 0 Å². The summed E-state index contributed by atoms with van der Waals surface area (Å²) in [5.41, 5.74) is 0. The van der Waals surface area contributed by atoms with Crippen LogP contribution in [0.4, 0.5) is 4.79 Å². The molecule has 0 radical (unpaired) electrons. The minimum absolute atomic E-state index is 0.175. The number of piperidine rings is 1. The molecule has 3 fully saturated rings. The number of hydrogen-bond donors (Lipinski definition) is 0. The SMILES string of the molecule is COC(=O)CN1CCN(C2CN(C)C(=O)O2)C(CCCC2CCN(C)CC2)C1. The summed E-state index contributed by atoms with van der Waals surface area (Å²) in [7, 11) is 5.42. The summed E-state index contributed by atoms with van der Waals surface area (Å²) in [6, 6.07) is 0.300. The van der Waals surface area contributed by atoms with Crippen molar-refractivity contribution >= 4 is 12.1 Å². The lowest BCUT2D eigenvalue weighted by molar-refractivity contribution is -0.143. The van der Waals surface area contributed by atoms with Crippen LogP contribution in [-0.4, -0.2) is 111 Å². The van der Waals surface area contributed by atoms with Gasteiger partial charge in [0.1, 0.15) is 0 Å². The van der Waals surface area contributed by atoms with E-state index in [0.29, 0.717) is 19.1 Å². The van der Waals surface area contributed by atoms with Gasteiger partial charge in [0.15, 0.2) is 6.23 Å². The van der Waals surface area contributed by atoms with Crippen molar-refractivity contribution in [1.29, 1.82) is 0 Å². The van der Waals surface area contributed by atoms with Crippen molar-refractivity contribution in [3.8, 4) is 0 Å². The fourth-order valence-corrected chi connectivity index (χ4v) is 4.68. The molecule has 0 spiro atoms. The van der Waals surface area contributed by atoms with Crippen LogP contribution in [0, 0.1) is 5.92 Å². The lowest BCUT2D eigenvalue weighted by Gasteiger charge is -2.43. The molecular formula is C20H36N4O4. The number of ether oxygens (including phenoxy) is 2. The highest BCUT2D eigenvalue weighted by molar-refractivity contribution is 5.71. The van der Waals surface area contributed by atoms with Crippen LogP contribution in [0.3, 0.4) is 0 Å². The first-order valence-electron chi connectivity index (χ1n) is 10.6. The summed E-state index contributed by atoms with van der Waals surface area (Å²) in [5.74, 6) is 0.639. The Kier molecular flexibility index (Phi) is 7.54. The minimum Gasteiger partial charge on any atom is -0.468 e. The highest BCUT2D eigenvalue weighted by atomic mass is 16.6. The first-order valence-corrected chi connectivity index (χ1v) is 10.6. The van der Waals surface area contributed by atoms with Gasteiger partial charge in [-0.2, -0.15) is 0 Å². The summed E-state index contributed by atoms with van der Waals surface area (Å²) in [5, 5.41) is 0. The molecular weight excluding hydrogens is 360 g/mol. The van der Waals surface area contributed by atoms with Gasteiger partial charge in [0.2, 0.25) is 0 Å². The Balaban J connectivity index is 1.54. The number of rotatable bonds is 7. The predicted octanol–water partition coefficient (Wildman–Crippen LogP) is 1.07. The van der Waals surface area contributed by atoms with Crippen molar-refractivity contribution in [2.75, 3.05) is 67.0 Å². The van der Waals surface area contributed by atoms with E-state index >= 15 is 0 Å². The Morgan fingerprint density at radius 1 is 1.11 bits per heavy atom. The van der Waals surface area contributed by atoms with Gasteiger partial charge in [-0.25, -0.2) is 4.79 Å². The second-order valence-electron chi connectivity index (χ2n) is 8.60. The van der Waals surface area contributed by atoms with Crippen LogP contribution in [0.1, 0.15) is 32.1 Å². The molecule has 3 rings (SSSR count). The molecule has 0 aromatic rings. The summed E-state index contributed by atoms with van der Waals surface area (Å²) < 4.78 is 10.4. The Morgan fingerprint density at radius 2 is 1.86 bits per heavy atom. The molecule has 8 heteroatoms. The van der Waals surface area contributed by atoms with Gasteiger partial charge in [0.25, 0.3) is 0 Å². The molecule has 3 aliphatic rings. The first-order chi connectivity index (χ1) is 13.5. The third-order valence-corrected chi connectivity index (χ3v) is 6.53. The van der Waals surface area contributed by atoms with Crippen molar-refractivity contribution < 1.29 is 19.1 Å².